The Morgan fingerprint density at radius 1 is 1.00 bits per heavy atom. The number of amidine groups is 1. The SMILES string of the molecule is N#CN=C(c1cc(-c2ccc(Cl)cc2)n(-c2ccccc2Cl)n1)N1CCCCC1. The van der Waals surface area contributed by atoms with Crippen molar-refractivity contribution in [3.8, 4) is 23.1 Å². The van der Waals surface area contributed by atoms with Crippen LogP contribution in [0.1, 0.15) is 25.0 Å². The summed E-state index contributed by atoms with van der Waals surface area (Å²) in [5, 5.41) is 15.3. The Morgan fingerprint density at radius 2 is 1.72 bits per heavy atom. The monoisotopic (exact) mass is 423 g/mol. The summed E-state index contributed by atoms with van der Waals surface area (Å²) in [6.45, 7) is 1.74. The van der Waals surface area contributed by atoms with Crippen LogP contribution < -0.4 is 0 Å². The molecule has 0 radical (unpaired) electrons. The Kier molecular flexibility index (Phi) is 5.84. The molecule has 0 bridgehead atoms. The van der Waals surface area contributed by atoms with E-state index in [-0.39, 0.29) is 0 Å². The molecule has 4 rings (SSSR count). The molecular formula is C22H19Cl2N5. The van der Waals surface area contributed by atoms with Crippen molar-refractivity contribution in [2.75, 3.05) is 13.1 Å². The first-order chi connectivity index (χ1) is 14.2. The summed E-state index contributed by atoms with van der Waals surface area (Å²) >= 11 is 12.5. The molecule has 29 heavy (non-hydrogen) atoms. The second-order valence-corrected chi connectivity index (χ2v) is 7.71. The molecule has 0 unspecified atom stereocenters. The third-order valence-electron chi connectivity index (χ3n) is 4.97. The molecule has 1 aromatic heterocycles. The van der Waals surface area contributed by atoms with E-state index in [4.69, 9.17) is 28.3 Å². The number of halogens is 2. The second kappa shape index (κ2) is 8.69. The molecule has 0 atom stereocenters. The van der Waals surface area contributed by atoms with Gasteiger partial charge in [0, 0.05) is 23.7 Å². The number of nitriles is 1. The van der Waals surface area contributed by atoms with Gasteiger partial charge in [0.2, 0.25) is 6.19 Å². The fourth-order valence-corrected chi connectivity index (χ4v) is 3.91. The molecule has 1 aliphatic heterocycles. The van der Waals surface area contributed by atoms with Crippen molar-refractivity contribution in [3.63, 3.8) is 0 Å². The molecule has 0 aliphatic carbocycles. The van der Waals surface area contributed by atoms with Gasteiger partial charge in [-0.25, -0.2) is 4.68 Å². The molecule has 0 spiro atoms. The van der Waals surface area contributed by atoms with Crippen LogP contribution in [0.5, 0.6) is 0 Å². The van der Waals surface area contributed by atoms with Crippen LogP contribution in [-0.4, -0.2) is 33.6 Å². The van der Waals surface area contributed by atoms with Gasteiger partial charge < -0.3 is 4.90 Å². The zero-order valence-electron chi connectivity index (χ0n) is 15.7. The first kappa shape index (κ1) is 19.5. The molecule has 1 fully saturated rings. The lowest BCUT2D eigenvalue weighted by atomic mass is 10.1. The number of aliphatic imine (C=N–C) groups is 1. The summed E-state index contributed by atoms with van der Waals surface area (Å²) in [6.07, 6.45) is 5.31. The summed E-state index contributed by atoms with van der Waals surface area (Å²) in [5.41, 5.74) is 3.22. The van der Waals surface area contributed by atoms with Gasteiger partial charge in [0.05, 0.1) is 16.4 Å². The van der Waals surface area contributed by atoms with Crippen LogP contribution in [0.2, 0.25) is 10.0 Å². The zero-order chi connectivity index (χ0) is 20.2. The van der Waals surface area contributed by atoms with Crippen LogP contribution in [0, 0.1) is 11.5 Å². The minimum absolute atomic E-state index is 0.592. The summed E-state index contributed by atoms with van der Waals surface area (Å²) in [6, 6.07) is 17.1. The standard InChI is InChI=1S/C22H19Cl2N5/c23-17-10-8-16(9-11-17)21-14-19(22(26-15-25)28-12-4-1-5-13-28)27-29(21)20-7-3-2-6-18(20)24/h2-3,6-11,14H,1,4-5,12-13H2. The zero-order valence-corrected chi connectivity index (χ0v) is 17.2. The molecule has 5 nitrogen and oxygen atoms in total. The van der Waals surface area contributed by atoms with Crippen LogP contribution in [0.3, 0.4) is 0 Å². The highest BCUT2D eigenvalue weighted by Crippen LogP contribution is 2.29. The second-order valence-electron chi connectivity index (χ2n) is 6.87. The van der Waals surface area contributed by atoms with E-state index in [0.29, 0.717) is 21.6 Å². The van der Waals surface area contributed by atoms with E-state index in [9.17, 15) is 5.26 Å². The van der Waals surface area contributed by atoms with Gasteiger partial charge in [-0.1, -0.05) is 47.5 Å². The fourth-order valence-electron chi connectivity index (χ4n) is 3.57. The van der Waals surface area contributed by atoms with Gasteiger partial charge in [0.1, 0.15) is 5.69 Å². The Morgan fingerprint density at radius 3 is 2.41 bits per heavy atom. The van der Waals surface area contributed by atoms with E-state index in [1.54, 1.807) is 4.68 Å². The van der Waals surface area contributed by atoms with Gasteiger partial charge in [-0.3, -0.25) is 0 Å². The van der Waals surface area contributed by atoms with E-state index in [2.05, 4.69) is 9.89 Å². The molecule has 1 saturated heterocycles. The Balaban J connectivity index is 1.87. The molecule has 2 aromatic carbocycles. The van der Waals surface area contributed by atoms with Crippen molar-refractivity contribution in [1.82, 2.24) is 14.7 Å². The van der Waals surface area contributed by atoms with E-state index < -0.39 is 0 Å². The third-order valence-corrected chi connectivity index (χ3v) is 5.54. The number of nitrogens with zero attached hydrogens (tertiary/aromatic N) is 5. The van der Waals surface area contributed by atoms with E-state index in [0.717, 1.165) is 42.9 Å². The first-order valence-electron chi connectivity index (χ1n) is 9.50. The van der Waals surface area contributed by atoms with Crippen molar-refractivity contribution in [2.45, 2.75) is 19.3 Å². The van der Waals surface area contributed by atoms with Crippen LogP contribution in [0.4, 0.5) is 0 Å². The number of likely N-dealkylation sites (tertiary alicyclic amines) is 1. The van der Waals surface area contributed by atoms with Gasteiger partial charge in [0.15, 0.2) is 5.84 Å². The van der Waals surface area contributed by atoms with Gasteiger partial charge >= 0.3 is 0 Å². The summed E-state index contributed by atoms with van der Waals surface area (Å²) in [4.78, 5) is 6.25. The molecule has 3 aromatic rings. The smallest absolute Gasteiger partial charge is 0.207 e. The van der Waals surface area contributed by atoms with Crippen molar-refractivity contribution < 1.29 is 0 Å². The number of para-hydroxylation sites is 1. The molecule has 146 valence electrons. The largest absolute Gasteiger partial charge is 0.354 e. The molecule has 0 amide bonds. The number of rotatable bonds is 3. The highest BCUT2D eigenvalue weighted by atomic mass is 35.5. The number of benzene rings is 2. The Labute approximate surface area is 179 Å². The number of hydrogen-bond donors (Lipinski definition) is 0. The van der Waals surface area contributed by atoms with Crippen molar-refractivity contribution in [1.29, 1.82) is 5.26 Å². The van der Waals surface area contributed by atoms with Crippen LogP contribution >= 0.6 is 23.2 Å². The van der Waals surface area contributed by atoms with Gasteiger partial charge in [0.25, 0.3) is 0 Å². The van der Waals surface area contributed by atoms with Gasteiger partial charge in [-0.2, -0.15) is 15.4 Å². The normalized spacial score (nSPS) is 14.7. The van der Waals surface area contributed by atoms with Crippen molar-refractivity contribution in [3.05, 3.63) is 70.3 Å². The average Bonchev–Trinajstić information content (AvgIpc) is 3.18. The van der Waals surface area contributed by atoms with Crippen LogP contribution in [0.25, 0.3) is 16.9 Å². The lowest BCUT2D eigenvalue weighted by Crippen LogP contribution is -2.36. The van der Waals surface area contributed by atoms with Crippen molar-refractivity contribution in [2.24, 2.45) is 4.99 Å². The third kappa shape index (κ3) is 4.14. The van der Waals surface area contributed by atoms with E-state index in [1.165, 1.54) is 6.42 Å². The van der Waals surface area contributed by atoms with E-state index >= 15 is 0 Å². The average molecular weight is 424 g/mol. The molecule has 1 aliphatic rings. The summed E-state index contributed by atoms with van der Waals surface area (Å²) in [7, 11) is 0. The lowest BCUT2D eigenvalue weighted by molar-refractivity contribution is 0.342. The fraction of sp³-hybridized carbons (Fsp3) is 0.227. The van der Waals surface area contributed by atoms with E-state index in [1.807, 2.05) is 60.8 Å². The highest BCUT2D eigenvalue weighted by Gasteiger charge is 2.22. The maximum Gasteiger partial charge on any atom is 0.207 e. The van der Waals surface area contributed by atoms with Crippen LogP contribution in [-0.2, 0) is 0 Å². The summed E-state index contributed by atoms with van der Waals surface area (Å²) < 4.78 is 1.80. The van der Waals surface area contributed by atoms with Crippen molar-refractivity contribution >= 4 is 29.0 Å². The molecule has 7 heteroatoms. The Hall–Kier alpha value is -2.81. The maximum absolute atomic E-state index is 9.28. The topological polar surface area (TPSA) is 57.2 Å². The number of hydrogen-bond acceptors (Lipinski definition) is 3. The molecule has 0 N–H and O–H groups in total. The highest BCUT2D eigenvalue weighted by molar-refractivity contribution is 6.32. The van der Waals surface area contributed by atoms with Crippen LogP contribution in [0.15, 0.2) is 59.6 Å². The lowest BCUT2D eigenvalue weighted by Gasteiger charge is -2.28. The first-order valence-corrected chi connectivity index (χ1v) is 10.3. The predicted molar refractivity (Wildman–Crippen MR) is 117 cm³/mol. The summed E-state index contributed by atoms with van der Waals surface area (Å²) in [5.74, 6) is 0.605. The maximum atomic E-state index is 9.28. The van der Waals surface area contributed by atoms with Gasteiger partial charge in [-0.05, 0) is 49.6 Å². The minimum Gasteiger partial charge on any atom is -0.354 e. The predicted octanol–water partition coefficient (Wildman–Crippen LogP) is 5.56. The molecular weight excluding hydrogens is 405 g/mol. The molecule has 2 heterocycles. The quantitative estimate of drug-likeness (QED) is 0.314. The molecule has 0 saturated carbocycles. The Bertz CT molecular complexity index is 1070. The van der Waals surface area contributed by atoms with Gasteiger partial charge in [-0.15, -0.1) is 0 Å². The number of piperidine rings is 1. The number of aromatic nitrogens is 2. The minimum atomic E-state index is 0.592.